The summed E-state index contributed by atoms with van der Waals surface area (Å²) in [5.74, 6) is -0.891. The minimum atomic E-state index is -3.64. The fourth-order valence-electron chi connectivity index (χ4n) is 2.41. The summed E-state index contributed by atoms with van der Waals surface area (Å²) in [7, 11) is -3.64. The summed E-state index contributed by atoms with van der Waals surface area (Å²) >= 11 is 0. The second-order valence-electron chi connectivity index (χ2n) is 5.70. The molecule has 2 rings (SSSR count). The Morgan fingerprint density at radius 2 is 1.81 bits per heavy atom. The average Bonchev–Trinajstić information content (AvgIpc) is 2.58. The summed E-state index contributed by atoms with van der Waals surface area (Å²) in [5, 5.41) is 0. The fourth-order valence-corrected chi connectivity index (χ4v) is 3.22. The molecule has 0 aromatic heterocycles. The first-order valence-electron chi connectivity index (χ1n) is 7.90. The van der Waals surface area contributed by atoms with Gasteiger partial charge in [0.2, 0.25) is 0 Å². The molecule has 2 aromatic carbocycles. The summed E-state index contributed by atoms with van der Waals surface area (Å²) < 4.78 is 30.1. The van der Waals surface area contributed by atoms with E-state index in [9.17, 15) is 13.2 Å². The van der Waals surface area contributed by atoms with Gasteiger partial charge in [-0.2, -0.15) is 4.99 Å². The second kappa shape index (κ2) is 8.01. The highest BCUT2D eigenvalue weighted by Crippen LogP contribution is 2.30. The molecule has 0 radical (unpaired) electrons. The van der Waals surface area contributed by atoms with Crippen LogP contribution in [-0.2, 0) is 22.9 Å². The number of nitrogens with zero attached hydrogens (tertiary/aromatic N) is 1. The molecule has 0 aliphatic rings. The molecule has 0 bridgehead atoms. The van der Waals surface area contributed by atoms with Gasteiger partial charge in [-0.15, -0.1) is 0 Å². The van der Waals surface area contributed by atoms with Crippen LogP contribution in [-0.4, -0.2) is 26.5 Å². The molecular weight excluding hydrogens is 354 g/mol. The van der Waals surface area contributed by atoms with E-state index in [-0.39, 0.29) is 28.8 Å². The lowest BCUT2D eigenvalue weighted by atomic mass is 10.0. The molecule has 2 aromatic rings. The van der Waals surface area contributed by atoms with Crippen molar-refractivity contribution < 1.29 is 17.9 Å². The number of carbonyl (C=O) groups is 1. The Kier molecular flexibility index (Phi) is 5.99. The molecule has 8 heteroatoms. The first-order chi connectivity index (χ1) is 12.2. The number of aryl methyl sites for hydroxylation is 1. The summed E-state index contributed by atoms with van der Waals surface area (Å²) in [6.45, 7) is 2.04. The van der Waals surface area contributed by atoms with E-state index < -0.39 is 15.7 Å². The summed E-state index contributed by atoms with van der Waals surface area (Å²) in [6, 6.07) is 12.2. The van der Waals surface area contributed by atoms with E-state index in [4.69, 9.17) is 16.2 Å². The molecule has 1 amide bonds. The van der Waals surface area contributed by atoms with Gasteiger partial charge in [0.15, 0.2) is 15.8 Å². The van der Waals surface area contributed by atoms with Crippen LogP contribution in [0.5, 0.6) is 5.75 Å². The van der Waals surface area contributed by atoms with Crippen LogP contribution in [0, 0.1) is 0 Å². The van der Waals surface area contributed by atoms with E-state index in [0.717, 1.165) is 11.8 Å². The zero-order valence-electron chi connectivity index (χ0n) is 14.6. The third kappa shape index (κ3) is 4.82. The number of carbonyl (C=O) groups excluding carboxylic acids is 1. The normalized spacial score (nSPS) is 11.0. The lowest BCUT2D eigenvalue weighted by Gasteiger charge is -2.14. The standard InChI is InChI=1S/C18H21N3O4S/c1-3-13-9-15(25-11-12-7-5-4-6-8-12)16(26(2,23)24)10-14(13)17(22)21-18(19)20/h4-10H,3,11H2,1-2H3,(H4,19,20,21,22). The molecule has 0 aliphatic heterocycles. The van der Waals surface area contributed by atoms with E-state index in [1.165, 1.54) is 6.07 Å². The minimum Gasteiger partial charge on any atom is -0.488 e. The molecule has 4 N–H and O–H groups in total. The Morgan fingerprint density at radius 1 is 1.15 bits per heavy atom. The molecule has 0 saturated heterocycles. The van der Waals surface area contributed by atoms with E-state index in [0.29, 0.717) is 12.0 Å². The van der Waals surface area contributed by atoms with Crippen LogP contribution in [0.3, 0.4) is 0 Å². The number of guanidine groups is 1. The van der Waals surface area contributed by atoms with Crippen LogP contribution >= 0.6 is 0 Å². The lowest BCUT2D eigenvalue weighted by molar-refractivity contribution is 0.100. The molecule has 7 nitrogen and oxygen atoms in total. The maximum atomic E-state index is 12.2. The van der Waals surface area contributed by atoms with Gasteiger partial charge in [0.05, 0.1) is 0 Å². The van der Waals surface area contributed by atoms with Gasteiger partial charge >= 0.3 is 0 Å². The van der Waals surface area contributed by atoms with Crippen molar-refractivity contribution in [1.29, 1.82) is 0 Å². The molecule has 0 saturated carbocycles. The molecule has 26 heavy (non-hydrogen) atoms. The third-order valence-electron chi connectivity index (χ3n) is 3.65. The fraction of sp³-hybridized carbons (Fsp3) is 0.222. The number of nitrogens with two attached hydrogens (primary N) is 2. The van der Waals surface area contributed by atoms with Gasteiger partial charge in [0.1, 0.15) is 17.3 Å². The molecule has 0 fully saturated rings. The first kappa shape index (κ1) is 19.5. The van der Waals surface area contributed by atoms with Crippen LogP contribution in [0.25, 0.3) is 0 Å². The lowest BCUT2D eigenvalue weighted by Crippen LogP contribution is -2.24. The highest BCUT2D eigenvalue weighted by molar-refractivity contribution is 7.90. The number of benzene rings is 2. The van der Waals surface area contributed by atoms with Crippen molar-refractivity contribution in [2.24, 2.45) is 16.5 Å². The number of hydrogen-bond acceptors (Lipinski definition) is 4. The monoisotopic (exact) mass is 375 g/mol. The Hall–Kier alpha value is -2.87. The molecule has 0 heterocycles. The van der Waals surface area contributed by atoms with Crippen LogP contribution in [0.2, 0.25) is 0 Å². The molecular formula is C18H21N3O4S. The molecule has 0 unspecified atom stereocenters. The minimum absolute atomic E-state index is 0.0835. The van der Waals surface area contributed by atoms with Gasteiger partial charge < -0.3 is 16.2 Å². The number of ether oxygens (including phenoxy) is 1. The number of amides is 1. The van der Waals surface area contributed by atoms with Crippen LogP contribution in [0.15, 0.2) is 52.4 Å². The van der Waals surface area contributed by atoms with Gasteiger partial charge in [0, 0.05) is 11.8 Å². The van der Waals surface area contributed by atoms with Crippen LogP contribution in [0.1, 0.15) is 28.4 Å². The number of rotatable bonds is 6. The average molecular weight is 375 g/mol. The predicted molar refractivity (Wildman–Crippen MR) is 99.8 cm³/mol. The predicted octanol–water partition coefficient (Wildman–Crippen LogP) is 1.65. The van der Waals surface area contributed by atoms with Gasteiger partial charge in [0.25, 0.3) is 5.91 Å². The summed E-state index contributed by atoms with van der Waals surface area (Å²) in [6.07, 6.45) is 1.53. The van der Waals surface area contributed by atoms with Crippen LogP contribution < -0.4 is 16.2 Å². The zero-order valence-corrected chi connectivity index (χ0v) is 15.4. The van der Waals surface area contributed by atoms with E-state index in [1.807, 2.05) is 37.3 Å². The van der Waals surface area contributed by atoms with Gasteiger partial charge in [-0.25, -0.2) is 8.42 Å². The van der Waals surface area contributed by atoms with Gasteiger partial charge in [-0.05, 0) is 29.7 Å². The third-order valence-corrected chi connectivity index (χ3v) is 4.77. The largest absolute Gasteiger partial charge is 0.488 e. The summed E-state index contributed by atoms with van der Waals surface area (Å²) in [5.41, 5.74) is 12.1. The van der Waals surface area contributed by atoms with Crippen molar-refractivity contribution in [1.82, 2.24) is 0 Å². The maximum Gasteiger partial charge on any atom is 0.280 e. The van der Waals surface area contributed by atoms with Crippen molar-refractivity contribution in [2.45, 2.75) is 24.8 Å². The molecule has 138 valence electrons. The Balaban J connectivity index is 2.50. The van der Waals surface area contributed by atoms with E-state index in [1.54, 1.807) is 6.07 Å². The Morgan fingerprint density at radius 3 is 2.35 bits per heavy atom. The SMILES string of the molecule is CCc1cc(OCc2ccccc2)c(S(C)(=O)=O)cc1C(=O)N=C(N)N. The summed E-state index contributed by atoms with van der Waals surface area (Å²) in [4.78, 5) is 15.6. The van der Waals surface area contributed by atoms with E-state index >= 15 is 0 Å². The highest BCUT2D eigenvalue weighted by Gasteiger charge is 2.21. The smallest absolute Gasteiger partial charge is 0.280 e. The van der Waals surface area contributed by atoms with Crippen molar-refractivity contribution >= 4 is 21.7 Å². The number of aliphatic imine (C=N–C) groups is 1. The van der Waals surface area contributed by atoms with Gasteiger partial charge in [-0.1, -0.05) is 37.3 Å². The van der Waals surface area contributed by atoms with E-state index in [2.05, 4.69) is 4.99 Å². The molecule has 0 atom stereocenters. The van der Waals surface area contributed by atoms with Crippen molar-refractivity contribution in [3.05, 3.63) is 59.2 Å². The number of sulfone groups is 1. The van der Waals surface area contributed by atoms with Crippen molar-refractivity contribution in [3.63, 3.8) is 0 Å². The van der Waals surface area contributed by atoms with Crippen molar-refractivity contribution in [2.75, 3.05) is 6.26 Å². The first-order valence-corrected chi connectivity index (χ1v) is 9.79. The Labute approximate surface area is 152 Å². The topological polar surface area (TPSA) is 125 Å². The Bertz CT molecular complexity index is 934. The molecule has 0 aliphatic carbocycles. The van der Waals surface area contributed by atoms with Gasteiger partial charge in [-0.3, -0.25) is 4.79 Å². The quantitative estimate of drug-likeness (QED) is 0.584. The maximum absolute atomic E-state index is 12.2. The molecule has 0 spiro atoms. The van der Waals surface area contributed by atoms with Crippen molar-refractivity contribution in [3.8, 4) is 5.75 Å². The second-order valence-corrected chi connectivity index (χ2v) is 7.68. The van der Waals surface area contributed by atoms with Crippen LogP contribution in [0.4, 0.5) is 0 Å². The highest BCUT2D eigenvalue weighted by atomic mass is 32.2. The number of hydrogen-bond donors (Lipinski definition) is 2. The zero-order chi connectivity index (χ0) is 19.3.